The second-order valence-corrected chi connectivity index (χ2v) is 9.66. The van der Waals surface area contributed by atoms with Gasteiger partial charge in [0.05, 0.1) is 0 Å². The first-order chi connectivity index (χ1) is 14.9. The molecule has 0 aromatic heterocycles. The predicted molar refractivity (Wildman–Crippen MR) is 125 cm³/mol. The molecule has 166 valence electrons. The van der Waals surface area contributed by atoms with E-state index in [-0.39, 0.29) is 29.4 Å². The summed E-state index contributed by atoms with van der Waals surface area (Å²) in [7, 11) is -1.54. The number of nitrogens with one attached hydrogen (secondary N) is 2. The number of hydrogen-bond acceptors (Lipinski definition) is 4. The van der Waals surface area contributed by atoms with Crippen molar-refractivity contribution >= 4 is 28.3 Å². The molecule has 2 N–H and O–H groups in total. The Balaban J connectivity index is 1.36. The number of carbonyl (C=O) groups is 2. The van der Waals surface area contributed by atoms with Crippen molar-refractivity contribution in [3.05, 3.63) is 65.2 Å². The number of amides is 2. The molecule has 7 heteroatoms. The topological polar surface area (TPSA) is 78.5 Å². The quantitative estimate of drug-likeness (QED) is 0.660. The van der Waals surface area contributed by atoms with Crippen molar-refractivity contribution in [3.63, 3.8) is 0 Å². The van der Waals surface area contributed by atoms with Crippen molar-refractivity contribution in [1.29, 1.82) is 0 Å². The summed E-state index contributed by atoms with van der Waals surface area (Å²) in [6.45, 7) is 6.65. The highest BCUT2D eigenvalue weighted by Gasteiger charge is 2.22. The van der Waals surface area contributed by atoms with E-state index in [2.05, 4.69) is 27.7 Å². The number of nitrogens with zero attached hydrogens (tertiary/aromatic N) is 1. The number of benzene rings is 2. The summed E-state index contributed by atoms with van der Waals surface area (Å²) in [4.78, 5) is 26.8. The molecule has 1 atom stereocenters. The lowest BCUT2D eigenvalue weighted by Crippen LogP contribution is -2.45. The molecule has 0 spiro atoms. The molecule has 1 heterocycles. The van der Waals surface area contributed by atoms with Crippen molar-refractivity contribution in [2.45, 2.75) is 39.3 Å². The number of anilines is 1. The zero-order valence-corrected chi connectivity index (χ0v) is 19.0. The molecule has 0 radical (unpaired) electrons. The molecule has 1 fully saturated rings. The molecule has 1 aliphatic rings. The average Bonchev–Trinajstić information content (AvgIpc) is 2.72. The van der Waals surface area contributed by atoms with Gasteiger partial charge in [-0.05, 0) is 43.9 Å². The Morgan fingerprint density at radius 2 is 1.68 bits per heavy atom. The van der Waals surface area contributed by atoms with Crippen molar-refractivity contribution in [3.8, 4) is 0 Å². The average molecular weight is 442 g/mol. The van der Waals surface area contributed by atoms with Gasteiger partial charge in [-0.25, -0.2) is 0 Å². The Morgan fingerprint density at radius 1 is 1.00 bits per heavy atom. The Bertz CT molecular complexity index is 925. The monoisotopic (exact) mass is 441 g/mol. The highest BCUT2D eigenvalue weighted by Crippen LogP contribution is 2.16. The lowest BCUT2D eigenvalue weighted by molar-refractivity contribution is -0.119. The van der Waals surface area contributed by atoms with Crippen molar-refractivity contribution in [2.24, 2.45) is 0 Å². The number of piperidine rings is 1. The maximum atomic E-state index is 12.3. The number of aryl methyl sites for hydroxylation is 2. The minimum atomic E-state index is -1.54. The fraction of sp³-hybridized carbons (Fsp3) is 0.417. The summed E-state index contributed by atoms with van der Waals surface area (Å²) < 4.78 is 12.3. The minimum Gasteiger partial charge on any atom is -0.352 e. The third-order valence-corrected chi connectivity index (χ3v) is 6.61. The van der Waals surface area contributed by atoms with Crippen LogP contribution < -0.4 is 10.6 Å². The third kappa shape index (κ3) is 7.60. The first-order valence-corrected chi connectivity index (χ1v) is 12.2. The van der Waals surface area contributed by atoms with E-state index in [1.54, 1.807) is 0 Å². The summed E-state index contributed by atoms with van der Waals surface area (Å²) in [5, 5.41) is 5.76. The van der Waals surface area contributed by atoms with Gasteiger partial charge in [-0.1, -0.05) is 48.0 Å². The van der Waals surface area contributed by atoms with Crippen LogP contribution in [0.15, 0.2) is 48.5 Å². The maximum Gasteiger partial charge on any atom is 0.237 e. The molecule has 0 bridgehead atoms. The van der Waals surface area contributed by atoms with Gasteiger partial charge in [0, 0.05) is 42.2 Å². The second kappa shape index (κ2) is 11.2. The standard InChI is InChI=1S/C24H31N3O3S/c1-18-8-9-22(19(2)14-18)26-24(29)17-31(30)16-23(28)25-21-10-12-27(13-11-21)15-20-6-4-3-5-7-20/h3-9,14,21H,10-13,15-17H2,1-2H3,(H,25,28)(H,26,29)/t31-/m0/s1. The number of hydrogen-bond donors (Lipinski definition) is 2. The predicted octanol–water partition coefficient (Wildman–Crippen LogP) is 2.77. The molecule has 0 aliphatic carbocycles. The molecule has 6 nitrogen and oxygen atoms in total. The molecular weight excluding hydrogens is 410 g/mol. The molecule has 1 aliphatic heterocycles. The Hall–Kier alpha value is -2.51. The third-order valence-electron chi connectivity index (χ3n) is 5.44. The molecule has 2 aromatic rings. The molecule has 1 saturated heterocycles. The highest BCUT2D eigenvalue weighted by atomic mass is 32.2. The van der Waals surface area contributed by atoms with E-state index in [1.807, 2.05) is 50.2 Å². The number of likely N-dealkylation sites (tertiary alicyclic amines) is 1. The van der Waals surface area contributed by atoms with Crippen LogP contribution in [0.2, 0.25) is 0 Å². The Labute approximate surface area is 186 Å². The summed E-state index contributed by atoms with van der Waals surface area (Å²) >= 11 is 0. The number of carbonyl (C=O) groups excluding carboxylic acids is 2. The van der Waals surface area contributed by atoms with E-state index in [0.717, 1.165) is 43.6 Å². The van der Waals surface area contributed by atoms with Gasteiger partial charge in [-0.3, -0.25) is 18.7 Å². The van der Waals surface area contributed by atoms with Crippen LogP contribution in [0, 0.1) is 13.8 Å². The van der Waals surface area contributed by atoms with Gasteiger partial charge < -0.3 is 10.6 Å². The van der Waals surface area contributed by atoms with Crippen molar-refractivity contribution < 1.29 is 13.8 Å². The summed E-state index contributed by atoms with van der Waals surface area (Å²) in [6.07, 6.45) is 1.75. The van der Waals surface area contributed by atoms with Crippen molar-refractivity contribution in [2.75, 3.05) is 29.9 Å². The number of rotatable bonds is 8. The molecule has 2 aromatic carbocycles. The normalized spacial score (nSPS) is 15.9. The molecule has 31 heavy (non-hydrogen) atoms. The zero-order valence-electron chi connectivity index (χ0n) is 18.2. The van der Waals surface area contributed by atoms with Crippen LogP contribution in [-0.4, -0.2) is 51.6 Å². The summed E-state index contributed by atoms with van der Waals surface area (Å²) in [5.41, 5.74) is 4.07. The molecule has 0 saturated carbocycles. The molecule has 3 rings (SSSR count). The zero-order chi connectivity index (χ0) is 22.2. The fourth-order valence-electron chi connectivity index (χ4n) is 3.83. The lowest BCUT2D eigenvalue weighted by atomic mass is 10.0. The van der Waals surface area contributed by atoms with Crippen LogP contribution in [-0.2, 0) is 26.9 Å². The van der Waals surface area contributed by atoms with Crippen molar-refractivity contribution in [1.82, 2.24) is 10.2 Å². The van der Waals surface area contributed by atoms with Crippen LogP contribution in [0.4, 0.5) is 5.69 Å². The SMILES string of the molecule is Cc1ccc(NC(=O)C[S@@](=O)CC(=O)NC2CCN(Cc3ccccc3)CC2)c(C)c1. The maximum absolute atomic E-state index is 12.3. The van der Waals surface area contributed by atoms with E-state index in [9.17, 15) is 13.8 Å². The summed E-state index contributed by atoms with van der Waals surface area (Å²) in [6, 6.07) is 16.2. The molecular formula is C24H31N3O3S. The van der Waals surface area contributed by atoms with Gasteiger partial charge >= 0.3 is 0 Å². The van der Waals surface area contributed by atoms with Crippen LogP contribution in [0.25, 0.3) is 0 Å². The van der Waals surface area contributed by atoms with E-state index >= 15 is 0 Å². The largest absolute Gasteiger partial charge is 0.352 e. The van der Waals surface area contributed by atoms with E-state index < -0.39 is 10.8 Å². The minimum absolute atomic E-state index is 0.0977. The molecule has 2 amide bonds. The van der Waals surface area contributed by atoms with Gasteiger partial charge in [0.1, 0.15) is 11.5 Å². The van der Waals surface area contributed by atoms with Gasteiger partial charge in [0.2, 0.25) is 11.8 Å². The first kappa shape index (κ1) is 23.2. The fourth-order valence-corrected chi connectivity index (χ4v) is 4.67. The van der Waals surface area contributed by atoms with Gasteiger partial charge in [0.25, 0.3) is 0 Å². The van der Waals surface area contributed by atoms with E-state index in [0.29, 0.717) is 5.69 Å². The Kier molecular flexibility index (Phi) is 8.37. The van der Waals surface area contributed by atoms with Crippen LogP contribution >= 0.6 is 0 Å². The summed E-state index contributed by atoms with van der Waals surface area (Å²) in [5.74, 6) is -0.924. The second-order valence-electron chi connectivity index (χ2n) is 8.20. The Morgan fingerprint density at radius 3 is 2.35 bits per heavy atom. The highest BCUT2D eigenvalue weighted by molar-refractivity contribution is 7.86. The lowest BCUT2D eigenvalue weighted by Gasteiger charge is -2.32. The van der Waals surface area contributed by atoms with Crippen LogP contribution in [0.5, 0.6) is 0 Å². The van der Waals surface area contributed by atoms with Gasteiger partial charge in [-0.2, -0.15) is 0 Å². The smallest absolute Gasteiger partial charge is 0.237 e. The van der Waals surface area contributed by atoms with Gasteiger partial charge in [-0.15, -0.1) is 0 Å². The van der Waals surface area contributed by atoms with Gasteiger partial charge in [0.15, 0.2) is 0 Å². The first-order valence-electron chi connectivity index (χ1n) is 10.7. The molecule has 0 unspecified atom stereocenters. The van der Waals surface area contributed by atoms with Crippen LogP contribution in [0.3, 0.4) is 0 Å². The van der Waals surface area contributed by atoms with E-state index in [1.165, 1.54) is 5.56 Å². The van der Waals surface area contributed by atoms with E-state index in [4.69, 9.17) is 0 Å². The van der Waals surface area contributed by atoms with Crippen LogP contribution in [0.1, 0.15) is 29.5 Å².